The third kappa shape index (κ3) is 2.94. The summed E-state index contributed by atoms with van der Waals surface area (Å²) in [6.07, 6.45) is 8.40. The van der Waals surface area contributed by atoms with Gasteiger partial charge in [0.1, 0.15) is 6.54 Å². The molecular formula is C15H21N3O3. The van der Waals surface area contributed by atoms with Crippen LogP contribution in [0.3, 0.4) is 0 Å². The van der Waals surface area contributed by atoms with Crippen LogP contribution in [0.2, 0.25) is 0 Å². The average Bonchev–Trinajstić information content (AvgIpc) is 2.49. The van der Waals surface area contributed by atoms with Gasteiger partial charge in [0.2, 0.25) is 5.91 Å². The number of fused-ring (bicyclic) bond motifs is 1. The van der Waals surface area contributed by atoms with Crippen molar-refractivity contribution < 1.29 is 4.79 Å². The summed E-state index contributed by atoms with van der Waals surface area (Å²) < 4.78 is 1.27. The Morgan fingerprint density at radius 1 is 1.19 bits per heavy atom. The number of nitrogens with one attached hydrogen (secondary N) is 1. The quantitative estimate of drug-likeness (QED) is 0.872. The number of aromatic amines is 1. The Morgan fingerprint density at radius 3 is 2.76 bits per heavy atom. The number of aromatic nitrogens is 2. The molecule has 1 aromatic rings. The number of carbonyl (C=O) groups is 1. The van der Waals surface area contributed by atoms with Crippen LogP contribution in [0.15, 0.2) is 21.9 Å². The van der Waals surface area contributed by atoms with Crippen molar-refractivity contribution in [2.75, 3.05) is 6.54 Å². The van der Waals surface area contributed by atoms with Crippen molar-refractivity contribution in [2.24, 2.45) is 5.92 Å². The number of H-pyrrole nitrogens is 1. The normalized spacial score (nSPS) is 25.4. The highest BCUT2D eigenvalue weighted by atomic mass is 16.2. The fraction of sp³-hybridized carbons (Fsp3) is 0.667. The molecular weight excluding hydrogens is 270 g/mol. The largest absolute Gasteiger partial charge is 0.338 e. The lowest BCUT2D eigenvalue weighted by Crippen LogP contribution is -2.51. The standard InChI is InChI=1S/C15H21N3O3/c19-13-7-9-17(15(21)16-13)10-14(20)18-8-3-5-11-4-1-2-6-12(11)18/h7,9,11-12H,1-6,8,10H2,(H,16,19,21)/t11-,12-/m0/s1. The van der Waals surface area contributed by atoms with Crippen molar-refractivity contribution in [1.82, 2.24) is 14.5 Å². The monoisotopic (exact) mass is 291 g/mol. The molecule has 21 heavy (non-hydrogen) atoms. The molecule has 0 radical (unpaired) electrons. The van der Waals surface area contributed by atoms with E-state index in [4.69, 9.17) is 0 Å². The topological polar surface area (TPSA) is 75.2 Å². The maximum Gasteiger partial charge on any atom is 0.328 e. The SMILES string of the molecule is O=C(Cn1ccc(=O)[nH]c1=O)N1CCC[C@@H]2CCCC[C@@H]21. The van der Waals surface area contributed by atoms with Crippen LogP contribution in [0, 0.1) is 5.92 Å². The van der Waals surface area contributed by atoms with E-state index in [9.17, 15) is 14.4 Å². The van der Waals surface area contributed by atoms with Gasteiger partial charge in [-0.05, 0) is 31.6 Å². The zero-order chi connectivity index (χ0) is 14.8. The molecule has 1 saturated heterocycles. The minimum absolute atomic E-state index is 0.0127. The molecule has 0 aromatic carbocycles. The molecule has 1 aliphatic carbocycles. The lowest BCUT2D eigenvalue weighted by atomic mass is 9.78. The summed E-state index contributed by atoms with van der Waals surface area (Å²) in [4.78, 5) is 39.4. The first kappa shape index (κ1) is 14.1. The van der Waals surface area contributed by atoms with Gasteiger partial charge in [0.25, 0.3) is 5.56 Å². The average molecular weight is 291 g/mol. The molecule has 1 N–H and O–H groups in total. The lowest BCUT2D eigenvalue weighted by Gasteiger charge is -2.44. The number of hydrogen-bond acceptors (Lipinski definition) is 3. The van der Waals surface area contributed by atoms with Gasteiger partial charge in [-0.2, -0.15) is 0 Å². The van der Waals surface area contributed by atoms with Gasteiger partial charge in [-0.1, -0.05) is 12.8 Å². The van der Waals surface area contributed by atoms with Crippen LogP contribution in [0.4, 0.5) is 0 Å². The van der Waals surface area contributed by atoms with Crippen molar-refractivity contribution in [3.8, 4) is 0 Å². The second-order valence-electron chi connectivity index (χ2n) is 6.08. The van der Waals surface area contributed by atoms with Crippen molar-refractivity contribution in [3.63, 3.8) is 0 Å². The molecule has 0 bridgehead atoms. The number of hydrogen-bond donors (Lipinski definition) is 1. The van der Waals surface area contributed by atoms with Gasteiger partial charge in [0.05, 0.1) is 0 Å². The van der Waals surface area contributed by atoms with Gasteiger partial charge in [-0.15, -0.1) is 0 Å². The molecule has 1 saturated carbocycles. The van der Waals surface area contributed by atoms with E-state index in [0.29, 0.717) is 12.0 Å². The molecule has 0 spiro atoms. The Bertz CT molecular complexity index is 632. The predicted molar refractivity (Wildman–Crippen MR) is 78.0 cm³/mol. The molecule has 2 aliphatic rings. The predicted octanol–water partition coefficient (Wildman–Crippen LogP) is 0.718. The van der Waals surface area contributed by atoms with Gasteiger partial charge in [-0.25, -0.2) is 4.79 Å². The Kier molecular flexibility index (Phi) is 3.94. The van der Waals surface area contributed by atoms with Crippen LogP contribution in [-0.4, -0.2) is 32.9 Å². The lowest BCUT2D eigenvalue weighted by molar-refractivity contribution is -0.138. The van der Waals surface area contributed by atoms with E-state index in [2.05, 4.69) is 4.98 Å². The third-order valence-electron chi connectivity index (χ3n) is 4.77. The molecule has 2 heterocycles. The highest BCUT2D eigenvalue weighted by Crippen LogP contribution is 2.35. The number of carbonyl (C=O) groups excluding carboxylic acids is 1. The van der Waals surface area contributed by atoms with Crippen LogP contribution in [-0.2, 0) is 11.3 Å². The van der Waals surface area contributed by atoms with Crippen LogP contribution >= 0.6 is 0 Å². The van der Waals surface area contributed by atoms with E-state index in [0.717, 1.165) is 19.4 Å². The summed E-state index contributed by atoms with van der Waals surface area (Å²) in [5.41, 5.74) is -0.956. The van der Waals surface area contributed by atoms with Crippen LogP contribution in [0.25, 0.3) is 0 Å². The highest BCUT2D eigenvalue weighted by molar-refractivity contribution is 5.76. The maximum absolute atomic E-state index is 12.5. The first-order chi connectivity index (χ1) is 10.1. The molecule has 1 aliphatic heterocycles. The van der Waals surface area contributed by atoms with Crippen LogP contribution in [0.1, 0.15) is 38.5 Å². The Balaban J connectivity index is 1.74. The second-order valence-corrected chi connectivity index (χ2v) is 6.08. The van der Waals surface area contributed by atoms with Gasteiger partial charge in [0, 0.05) is 24.8 Å². The number of amides is 1. The number of piperidine rings is 1. The van der Waals surface area contributed by atoms with Crippen molar-refractivity contribution >= 4 is 5.91 Å². The van der Waals surface area contributed by atoms with E-state index in [-0.39, 0.29) is 12.5 Å². The minimum Gasteiger partial charge on any atom is -0.338 e. The number of likely N-dealkylation sites (tertiary alicyclic amines) is 1. The van der Waals surface area contributed by atoms with Gasteiger partial charge in [-0.3, -0.25) is 19.1 Å². The van der Waals surface area contributed by atoms with Crippen LogP contribution in [0.5, 0.6) is 0 Å². The highest BCUT2D eigenvalue weighted by Gasteiger charge is 2.35. The van der Waals surface area contributed by atoms with Crippen molar-refractivity contribution in [1.29, 1.82) is 0 Å². The molecule has 114 valence electrons. The third-order valence-corrected chi connectivity index (χ3v) is 4.77. The molecule has 6 heteroatoms. The molecule has 3 rings (SSSR count). The number of rotatable bonds is 2. The number of nitrogens with zero attached hydrogens (tertiary/aromatic N) is 2. The molecule has 2 atom stereocenters. The molecule has 1 amide bonds. The zero-order valence-corrected chi connectivity index (χ0v) is 12.1. The summed E-state index contributed by atoms with van der Waals surface area (Å²) in [7, 11) is 0. The van der Waals surface area contributed by atoms with Crippen molar-refractivity contribution in [2.45, 2.75) is 51.1 Å². The molecule has 6 nitrogen and oxygen atoms in total. The first-order valence-electron chi connectivity index (χ1n) is 7.74. The van der Waals surface area contributed by atoms with E-state index >= 15 is 0 Å². The van der Waals surface area contributed by atoms with E-state index in [1.807, 2.05) is 4.90 Å². The summed E-state index contributed by atoms with van der Waals surface area (Å²) in [5.74, 6) is 0.615. The molecule has 2 fully saturated rings. The first-order valence-corrected chi connectivity index (χ1v) is 7.74. The fourth-order valence-corrected chi connectivity index (χ4v) is 3.74. The van der Waals surface area contributed by atoms with Gasteiger partial charge >= 0.3 is 5.69 Å². The maximum atomic E-state index is 12.5. The molecule has 0 unspecified atom stereocenters. The van der Waals surface area contributed by atoms with E-state index in [1.54, 1.807) is 0 Å². The summed E-state index contributed by atoms with van der Waals surface area (Å²) >= 11 is 0. The summed E-state index contributed by atoms with van der Waals surface area (Å²) in [5, 5.41) is 0. The summed E-state index contributed by atoms with van der Waals surface area (Å²) in [6, 6.07) is 1.62. The van der Waals surface area contributed by atoms with Gasteiger partial charge < -0.3 is 4.90 Å². The van der Waals surface area contributed by atoms with E-state index < -0.39 is 11.2 Å². The van der Waals surface area contributed by atoms with Crippen molar-refractivity contribution in [3.05, 3.63) is 33.1 Å². The minimum atomic E-state index is -0.520. The van der Waals surface area contributed by atoms with Crippen LogP contribution < -0.4 is 11.2 Å². The smallest absolute Gasteiger partial charge is 0.328 e. The fourth-order valence-electron chi connectivity index (χ4n) is 3.74. The Hall–Kier alpha value is -1.85. The Labute approximate surface area is 122 Å². The van der Waals surface area contributed by atoms with E-state index in [1.165, 1.54) is 42.5 Å². The summed E-state index contributed by atoms with van der Waals surface area (Å²) in [6.45, 7) is 0.803. The Morgan fingerprint density at radius 2 is 1.95 bits per heavy atom. The molecule has 1 aromatic heterocycles. The zero-order valence-electron chi connectivity index (χ0n) is 12.1. The second kappa shape index (κ2) is 5.87. The van der Waals surface area contributed by atoms with Gasteiger partial charge in [0.15, 0.2) is 0 Å².